The third kappa shape index (κ3) is 1.64. The third-order valence-corrected chi connectivity index (χ3v) is 2.88. The summed E-state index contributed by atoms with van der Waals surface area (Å²) in [4.78, 5) is 0. The average Bonchev–Trinajstić information content (AvgIpc) is 2.19. The minimum absolute atomic E-state index is 1.01. The molecule has 62 valence electrons. The van der Waals surface area contributed by atoms with Crippen molar-refractivity contribution in [1.29, 1.82) is 0 Å². The van der Waals surface area contributed by atoms with Crippen LogP contribution < -0.4 is 0 Å². The van der Waals surface area contributed by atoms with Gasteiger partial charge in [-0.15, -0.1) is 0 Å². The van der Waals surface area contributed by atoms with Crippen molar-refractivity contribution in [2.45, 2.75) is 33.7 Å². The van der Waals surface area contributed by atoms with Crippen LogP contribution in [0.2, 0.25) is 0 Å². The molecule has 0 bridgehead atoms. The molecular formula is C8H13BrN2. The van der Waals surface area contributed by atoms with E-state index in [9.17, 15) is 0 Å². The molecule has 0 radical (unpaired) electrons. The number of rotatable bonds is 2. The van der Waals surface area contributed by atoms with Crippen molar-refractivity contribution in [3.63, 3.8) is 0 Å². The lowest BCUT2D eigenvalue weighted by molar-refractivity contribution is 0.583. The first-order chi connectivity index (χ1) is 5.16. The van der Waals surface area contributed by atoms with E-state index in [4.69, 9.17) is 0 Å². The second-order valence-corrected chi connectivity index (χ2v) is 3.50. The molecule has 1 aromatic heterocycles. The predicted molar refractivity (Wildman–Crippen MR) is 49.7 cm³/mol. The quantitative estimate of drug-likeness (QED) is 0.744. The van der Waals surface area contributed by atoms with Crippen LogP contribution >= 0.6 is 15.9 Å². The lowest BCUT2D eigenvalue weighted by Crippen LogP contribution is -2.00. The van der Waals surface area contributed by atoms with E-state index in [2.05, 4.69) is 34.9 Å². The molecule has 0 atom stereocenters. The minimum atomic E-state index is 1.01. The van der Waals surface area contributed by atoms with Crippen molar-refractivity contribution < 1.29 is 0 Å². The van der Waals surface area contributed by atoms with E-state index in [0.717, 1.165) is 23.1 Å². The molecule has 0 saturated heterocycles. The SMILES string of the molecule is CCCn1nc(C)c(Br)c1C. The monoisotopic (exact) mass is 216 g/mol. The van der Waals surface area contributed by atoms with Crippen LogP contribution in [0.15, 0.2) is 4.47 Å². The van der Waals surface area contributed by atoms with Gasteiger partial charge in [0.15, 0.2) is 0 Å². The highest BCUT2D eigenvalue weighted by atomic mass is 79.9. The Morgan fingerprint density at radius 2 is 2.09 bits per heavy atom. The van der Waals surface area contributed by atoms with Gasteiger partial charge in [-0.25, -0.2) is 0 Å². The molecule has 0 fully saturated rings. The molecular weight excluding hydrogens is 204 g/mol. The number of aromatic nitrogens is 2. The third-order valence-electron chi connectivity index (χ3n) is 1.73. The van der Waals surface area contributed by atoms with E-state index in [-0.39, 0.29) is 0 Å². The molecule has 0 spiro atoms. The molecule has 3 heteroatoms. The number of halogens is 1. The Balaban J connectivity index is 2.98. The lowest BCUT2D eigenvalue weighted by Gasteiger charge is -1.99. The zero-order valence-electron chi connectivity index (χ0n) is 7.19. The van der Waals surface area contributed by atoms with Crippen LogP contribution in [0.25, 0.3) is 0 Å². The van der Waals surface area contributed by atoms with Crippen LogP contribution in [0.5, 0.6) is 0 Å². The van der Waals surface area contributed by atoms with Crippen molar-refractivity contribution in [3.8, 4) is 0 Å². The summed E-state index contributed by atoms with van der Waals surface area (Å²) in [5.41, 5.74) is 2.31. The highest BCUT2D eigenvalue weighted by molar-refractivity contribution is 9.10. The van der Waals surface area contributed by atoms with E-state index < -0.39 is 0 Å². The van der Waals surface area contributed by atoms with E-state index in [1.165, 1.54) is 5.69 Å². The highest BCUT2D eigenvalue weighted by Gasteiger charge is 2.06. The number of hydrogen-bond donors (Lipinski definition) is 0. The van der Waals surface area contributed by atoms with Gasteiger partial charge < -0.3 is 0 Å². The van der Waals surface area contributed by atoms with Crippen LogP contribution in [0, 0.1) is 13.8 Å². The van der Waals surface area contributed by atoms with Gasteiger partial charge >= 0.3 is 0 Å². The van der Waals surface area contributed by atoms with Crippen molar-refractivity contribution in [2.75, 3.05) is 0 Å². The van der Waals surface area contributed by atoms with Crippen LogP contribution in [-0.4, -0.2) is 9.78 Å². The average molecular weight is 217 g/mol. The maximum atomic E-state index is 4.37. The molecule has 0 unspecified atom stereocenters. The molecule has 1 rings (SSSR count). The fourth-order valence-corrected chi connectivity index (χ4v) is 1.39. The fraction of sp³-hybridized carbons (Fsp3) is 0.625. The van der Waals surface area contributed by atoms with E-state index >= 15 is 0 Å². The summed E-state index contributed by atoms with van der Waals surface area (Å²) in [6.45, 7) is 7.27. The standard InChI is InChI=1S/C8H13BrN2/c1-4-5-11-7(3)8(9)6(2)10-11/h4-5H2,1-3H3. The second-order valence-electron chi connectivity index (χ2n) is 2.71. The molecule has 11 heavy (non-hydrogen) atoms. The molecule has 0 aliphatic rings. The van der Waals surface area contributed by atoms with Gasteiger partial charge in [-0.05, 0) is 36.2 Å². The Morgan fingerprint density at radius 3 is 2.45 bits per heavy atom. The Labute approximate surface area is 75.7 Å². The molecule has 2 nitrogen and oxygen atoms in total. The lowest BCUT2D eigenvalue weighted by atomic mass is 10.4. The van der Waals surface area contributed by atoms with Gasteiger partial charge in [0.25, 0.3) is 0 Å². The van der Waals surface area contributed by atoms with Crippen LogP contribution in [-0.2, 0) is 6.54 Å². The maximum Gasteiger partial charge on any atom is 0.0738 e. The first-order valence-corrected chi connectivity index (χ1v) is 4.65. The van der Waals surface area contributed by atoms with Crippen LogP contribution in [0.3, 0.4) is 0 Å². The van der Waals surface area contributed by atoms with Crippen LogP contribution in [0.4, 0.5) is 0 Å². The Bertz CT molecular complexity index is 253. The smallest absolute Gasteiger partial charge is 0.0738 e. The predicted octanol–water partition coefficient (Wildman–Crippen LogP) is 2.67. The normalized spacial score (nSPS) is 10.5. The summed E-state index contributed by atoms with van der Waals surface area (Å²) in [5.74, 6) is 0. The Kier molecular flexibility index (Phi) is 2.71. The van der Waals surface area contributed by atoms with Crippen LogP contribution in [0.1, 0.15) is 24.7 Å². The molecule has 0 saturated carbocycles. The second kappa shape index (κ2) is 3.39. The van der Waals surface area contributed by atoms with Crippen molar-refractivity contribution in [2.24, 2.45) is 0 Å². The largest absolute Gasteiger partial charge is 0.268 e. The number of hydrogen-bond acceptors (Lipinski definition) is 1. The number of nitrogens with zero attached hydrogens (tertiary/aromatic N) is 2. The topological polar surface area (TPSA) is 17.8 Å². The Hall–Kier alpha value is -0.310. The first-order valence-electron chi connectivity index (χ1n) is 3.86. The van der Waals surface area contributed by atoms with Gasteiger partial charge in [0.05, 0.1) is 10.2 Å². The van der Waals surface area contributed by atoms with Gasteiger partial charge in [0.1, 0.15) is 0 Å². The van der Waals surface area contributed by atoms with Gasteiger partial charge in [-0.3, -0.25) is 4.68 Å². The van der Waals surface area contributed by atoms with Gasteiger partial charge in [-0.1, -0.05) is 6.92 Å². The van der Waals surface area contributed by atoms with E-state index in [0.29, 0.717) is 0 Å². The molecule has 1 heterocycles. The molecule has 0 aliphatic heterocycles. The zero-order chi connectivity index (χ0) is 8.43. The Morgan fingerprint density at radius 1 is 1.45 bits per heavy atom. The first kappa shape index (κ1) is 8.78. The molecule has 0 N–H and O–H groups in total. The molecule has 0 aliphatic carbocycles. The van der Waals surface area contributed by atoms with E-state index in [1.807, 2.05) is 11.6 Å². The maximum absolute atomic E-state index is 4.37. The van der Waals surface area contributed by atoms with Gasteiger partial charge in [-0.2, -0.15) is 5.10 Å². The minimum Gasteiger partial charge on any atom is -0.268 e. The van der Waals surface area contributed by atoms with Crippen molar-refractivity contribution in [3.05, 3.63) is 15.9 Å². The summed E-state index contributed by atoms with van der Waals surface area (Å²) < 4.78 is 3.19. The van der Waals surface area contributed by atoms with Gasteiger partial charge in [0, 0.05) is 12.2 Å². The molecule has 0 amide bonds. The summed E-state index contributed by atoms with van der Waals surface area (Å²) in [6.07, 6.45) is 1.13. The summed E-state index contributed by atoms with van der Waals surface area (Å²) >= 11 is 3.49. The number of aryl methyl sites for hydroxylation is 2. The highest BCUT2D eigenvalue weighted by Crippen LogP contribution is 2.19. The van der Waals surface area contributed by atoms with E-state index in [1.54, 1.807) is 0 Å². The molecule has 0 aromatic carbocycles. The summed E-state index contributed by atoms with van der Waals surface area (Å²) in [6, 6.07) is 0. The van der Waals surface area contributed by atoms with Gasteiger partial charge in [0.2, 0.25) is 0 Å². The van der Waals surface area contributed by atoms with Crippen molar-refractivity contribution in [1.82, 2.24) is 9.78 Å². The molecule has 1 aromatic rings. The zero-order valence-corrected chi connectivity index (χ0v) is 8.77. The van der Waals surface area contributed by atoms with Crippen molar-refractivity contribution >= 4 is 15.9 Å². The summed E-state index contributed by atoms with van der Waals surface area (Å²) in [5, 5.41) is 4.37. The summed E-state index contributed by atoms with van der Waals surface area (Å²) in [7, 11) is 0. The fourth-order valence-electron chi connectivity index (χ4n) is 1.10.